The van der Waals surface area contributed by atoms with Crippen LogP contribution in [0, 0.1) is 5.92 Å². The Morgan fingerprint density at radius 1 is 1.35 bits per heavy atom. The molecule has 0 aromatic heterocycles. The third kappa shape index (κ3) is 3.49. The molecule has 0 spiro atoms. The van der Waals surface area contributed by atoms with Gasteiger partial charge in [-0.25, -0.2) is 4.79 Å². The minimum Gasteiger partial charge on any atom is -0.341 e. The van der Waals surface area contributed by atoms with Crippen LogP contribution in [0.5, 0.6) is 0 Å². The molecule has 2 fully saturated rings. The van der Waals surface area contributed by atoms with Gasteiger partial charge in [0.2, 0.25) is 5.91 Å². The maximum absolute atomic E-state index is 12.5. The number of likely N-dealkylation sites (tertiary alicyclic amines) is 1. The molecule has 2 rings (SSSR count). The van der Waals surface area contributed by atoms with Gasteiger partial charge in [0, 0.05) is 13.1 Å². The summed E-state index contributed by atoms with van der Waals surface area (Å²) < 4.78 is 0. The SMILES string of the molecule is CCC1(CC)NC(=O)N(CC(=O)N2CCCC(CNC)C2)C1=O. The zero-order chi connectivity index (χ0) is 17.0. The molecule has 2 aliphatic rings. The molecule has 1 unspecified atom stereocenters. The van der Waals surface area contributed by atoms with Gasteiger partial charge in [-0.15, -0.1) is 0 Å². The number of hydrogen-bond acceptors (Lipinski definition) is 4. The number of amides is 4. The van der Waals surface area contributed by atoms with Crippen LogP contribution in [0.2, 0.25) is 0 Å². The average Bonchev–Trinajstić information content (AvgIpc) is 2.80. The number of piperidine rings is 1. The smallest absolute Gasteiger partial charge is 0.325 e. The summed E-state index contributed by atoms with van der Waals surface area (Å²) in [6, 6.07) is -0.448. The van der Waals surface area contributed by atoms with E-state index < -0.39 is 11.6 Å². The van der Waals surface area contributed by atoms with Gasteiger partial charge in [-0.1, -0.05) is 13.8 Å². The Labute approximate surface area is 137 Å². The summed E-state index contributed by atoms with van der Waals surface area (Å²) in [7, 11) is 1.91. The molecule has 0 aromatic carbocycles. The number of carbonyl (C=O) groups is 3. The molecule has 0 aromatic rings. The molecule has 23 heavy (non-hydrogen) atoms. The van der Waals surface area contributed by atoms with Crippen LogP contribution < -0.4 is 10.6 Å². The molecule has 0 bridgehead atoms. The van der Waals surface area contributed by atoms with Crippen molar-refractivity contribution < 1.29 is 14.4 Å². The quantitative estimate of drug-likeness (QED) is 0.699. The van der Waals surface area contributed by atoms with Crippen molar-refractivity contribution in [2.75, 3.05) is 33.2 Å². The van der Waals surface area contributed by atoms with Crippen LogP contribution in [0.4, 0.5) is 4.79 Å². The van der Waals surface area contributed by atoms with Gasteiger partial charge in [-0.2, -0.15) is 0 Å². The fourth-order valence-corrected chi connectivity index (χ4v) is 3.53. The zero-order valence-electron chi connectivity index (χ0n) is 14.4. The lowest BCUT2D eigenvalue weighted by Crippen LogP contribution is -2.49. The second-order valence-corrected chi connectivity index (χ2v) is 6.52. The lowest BCUT2D eigenvalue weighted by atomic mass is 9.93. The molecule has 2 N–H and O–H groups in total. The van der Waals surface area contributed by atoms with E-state index >= 15 is 0 Å². The predicted octanol–water partition coefficient (Wildman–Crippen LogP) is 0.555. The third-order valence-corrected chi connectivity index (χ3v) is 5.11. The largest absolute Gasteiger partial charge is 0.341 e. The van der Waals surface area contributed by atoms with Gasteiger partial charge in [0.15, 0.2) is 0 Å². The van der Waals surface area contributed by atoms with E-state index in [1.165, 1.54) is 0 Å². The van der Waals surface area contributed by atoms with Crippen LogP contribution in [-0.2, 0) is 9.59 Å². The number of rotatable bonds is 6. The number of carbonyl (C=O) groups excluding carboxylic acids is 3. The van der Waals surface area contributed by atoms with Crippen molar-refractivity contribution in [2.24, 2.45) is 5.92 Å². The molecule has 7 heteroatoms. The van der Waals surface area contributed by atoms with Crippen LogP contribution in [0.25, 0.3) is 0 Å². The number of nitrogens with zero attached hydrogens (tertiary/aromatic N) is 2. The number of urea groups is 1. The highest BCUT2D eigenvalue weighted by atomic mass is 16.2. The minimum atomic E-state index is -0.839. The van der Waals surface area contributed by atoms with E-state index in [0.717, 1.165) is 24.3 Å². The highest BCUT2D eigenvalue weighted by molar-refractivity contribution is 6.08. The average molecular weight is 324 g/mol. The monoisotopic (exact) mass is 324 g/mol. The second kappa shape index (κ2) is 7.29. The lowest BCUT2D eigenvalue weighted by Gasteiger charge is -2.33. The number of hydrogen-bond donors (Lipinski definition) is 2. The van der Waals surface area contributed by atoms with Crippen LogP contribution in [0.1, 0.15) is 39.5 Å². The Kier molecular flexibility index (Phi) is 5.62. The molecule has 0 radical (unpaired) electrons. The van der Waals surface area contributed by atoms with Crippen molar-refractivity contribution >= 4 is 17.8 Å². The van der Waals surface area contributed by atoms with E-state index in [9.17, 15) is 14.4 Å². The molecule has 0 aliphatic carbocycles. The Hall–Kier alpha value is -1.63. The Bertz CT molecular complexity index is 474. The Balaban J connectivity index is 2.00. The van der Waals surface area contributed by atoms with Gasteiger partial charge in [-0.3, -0.25) is 14.5 Å². The first-order valence-corrected chi connectivity index (χ1v) is 8.54. The highest BCUT2D eigenvalue weighted by Crippen LogP contribution is 2.25. The number of imide groups is 1. The summed E-state index contributed by atoms with van der Waals surface area (Å²) in [5, 5.41) is 5.90. The third-order valence-electron chi connectivity index (χ3n) is 5.11. The molecule has 2 aliphatic heterocycles. The first-order valence-electron chi connectivity index (χ1n) is 8.54. The van der Waals surface area contributed by atoms with E-state index in [4.69, 9.17) is 0 Å². The standard InChI is InChI=1S/C16H28N4O3/c1-4-16(5-2)14(22)20(15(23)18-16)11-13(21)19-8-6-7-12(10-19)9-17-3/h12,17H,4-11H2,1-3H3,(H,18,23). The molecule has 130 valence electrons. The summed E-state index contributed by atoms with van der Waals surface area (Å²) in [6.07, 6.45) is 3.13. The van der Waals surface area contributed by atoms with Crippen LogP contribution in [0.15, 0.2) is 0 Å². The maximum atomic E-state index is 12.5. The van der Waals surface area contributed by atoms with E-state index in [1.54, 1.807) is 4.90 Å². The summed E-state index contributed by atoms with van der Waals surface area (Å²) in [5.74, 6) is 0.0214. The molecule has 1 atom stereocenters. The fraction of sp³-hybridized carbons (Fsp3) is 0.812. The van der Waals surface area contributed by atoms with Crippen LogP contribution >= 0.6 is 0 Å². The summed E-state index contributed by atoms with van der Waals surface area (Å²) in [6.45, 7) is 5.87. The van der Waals surface area contributed by atoms with E-state index in [0.29, 0.717) is 31.8 Å². The summed E-state index contributed by atoms with van der Waals surface area (Å²) >= 11 is 0. The first-order chi connectivity index (χ1) is 11.0. The summed E-state index contributed by atoms with van der Waals surface area (Å²) in [5.41, 5.74) is -0.839. The minimum absolute atomic E-state index is 0.141. The van der Waals surface area contributed by atoms with Gasteiger partial charge in [-0.05, 0) is 45.2 Å². The molecule has 2 heterocycles. The molecular formula is C16H28N4O3. The highest BCUT2D eigenvalue weighted by Gasteiger charge is 2.49. The van der Waals surface area contributed by atoms with Crippen molar-refractivity contribution in [1.29, 1.82) is 0 Å². The predicted molar refractivity (Wildman–Crippen MR) is 86.8 cm³/mol. The van der Waals surface area contributed by atoms with Gasteiger partial charge in [0.1, 0.15) is 12.1 Å². The Morgan fingerprint density at radius 3 is 2.61 bits per heavy atom. The fourth-order valence-electron chi connectivity index (χ4n) is 3.53. The van der Waals surface area contributed by atoms with E-state index in [1.807, 2.05) is 20.9 Å². The molecule has 4 amide bonds. The van der Waals surface area contributed by atoms with E-state index in [-0.39, 0.29) is 18.4 Å². The first kappa shape index (κ1) is 17.7. The van der Waals surface area contributed by atoms with Gasteiger partial charge in [0.25, 0.3) is 5.91 Å². The maximum Gasteiger partial charge on any atom is 0.325 e. The van der Waals surface area contributed by atoms with E-state index in [2.05, 4.69) is 10.6 Å². The number of nitrogens with one attached hydrogen (secondary N) is 2. The van der Waals surface area contributed by atoms with Crippen molar-refractivity contribution in [1.82, 2.24) is 20.4 Å². The van der Waals surface area contributed by atoms with Gasteiger partial charge in [0.05, 0.1) is 0 Å². The van der Waals surface area contributed by atoms with Gasteiger partial charge >= 0.3 is 6.03 Å². The molecule has 0 saturated carbocycles. The Morgan fingerprint density at radius 2 is 2.04 bits per heavy atom. The second-order valence-electron chi connectivity index (χ2n) is 6.52. The van der Waals surface area contributed by atoms with Crippen molar-refractivity contribution in [3.63, 3.8) is 0 Å². The normalized spacial score (nSPS) is 24.0. The van der Waals surface area contributed by atoms with Crippen LogP contribution in [0.3, 0.4) is 0 Å². The molecular weight excluding hydrogens is 296 g/mol. The lowest BCUT2D eigenvalue weighted by molar-refractivity contribution is -0.140. The zero-order valence-corrected chi connectivity index (χ0v) is 14.4. The molecule has 2 saturated heterocycles. The van der Waals surface area contributed by atoms with Crippen molar-refractivity contribution in [3.8, 4) is 0 Å². The van der Waals surface area contributed by atoms with Gasteiger partial charge < -0.3 is 15.5 Å². The summed E-state index contributed by atoms with van der Waals surface area (Å²) in [4.78, 5) is 40.0. The topological polar surface area (TPSA) is 81.8 Å². The molecule has 7 nitrogen and oxygen atoms in total. The van der Waals surface area contributed by atoms with Crippen molar-refractivity contribution in [3.05, 3.63) is 0 Å². The van der Waals surface area contributed by atoms with Crippen LogP contribution in [-0.4, -0.2) is 66.4 Å². The van der Waals surface area contributed by atoms with Crippen molar-refractivity contribution in [2.45, 2.75) is 45.1 Å².